The Labute approximate surface area is 146 Å². The summed E-state index contributed by atoms with van der Waals surface area (Å²) in [7, 11) is 0. The van der Waals surface area contributed by atoms with Gasteiger partial charge >= 0.3 is 0 Å². The fourth-order valence-corrected chi connectivity index (χ4v) is 2.96. The summed E-state index contributed by atoms with van der Waals surface area (Å²) < 4.78 is 10.8. The first kappa shape index (κ1) is 17.0. The predicted octanol–water partition coefficient (Wildman–Crippen LogP) is 3.28. The van der Waals surface area contributed by atoms with Crippen molar-refractivity contribution in [1.82, 2.24) is 4.98 Å². The van der Waals surface area contributed by atoms with E-state index in [2.05, 4.69) is 29.2 Å². The third-order valence-corrected chi connectivity index (χ3v) is 4.07. The molecule has 0 bridgehead atoms. The van der Waals surface area contributed by atoms with Crippen molar-refractivity contribution < 1.29 is 14.3 Å². The van der Waals surface area contributed by atoms with E-state index in [1.165, 1.54) is 0 Å². The number of aromatic amines is 1. The summed E-state index contributed by atoms with van der Waals surface area (Å²) in [5.41, 5.74) is 9.79. The van der Waals surface area contributed by atoms with Crippen molar-refractivity contribution in [2.24, 2.45) is 5.73 Å². The van der Waals surface area contributed by atoms with Gasteiger partial charge in [0.25, 0.3) is 6.47 Å². The maximum Gasteiger partial charge on any atom is 0.293 e. The molecule has 0 aliphatic carbocycles. The minimum Gasteiger partial charge on any atom is -0.492 e. The van der Waals surface area contributed by atoms with Gasteiger partial charge in [-0.25, -0.2) is 0 Å². The van der Waals surface area contributed by atoms with Gasteiger partial charge in [0, 0.05) is 29.6 Å². The van der Waals surface area contributed by atoms with E-state index in [-0.39, 0.29) is 6.10 Å². The number of ether oxygens (including phenoxy) is 2. The first-order valence-electron chi connectivity index (χ1n) is 8.35. The summed E-state index contributed by atoms with van der Waals surface area (Å²) in [6.07, 6.45) is 0.414. The molecule has 0 saturated heterocycles. The minimum absolute atomic E-state index is 0.195. The summed E-state index contributed by atoms with van der Waals surface area (Å²) >= 11 is 0. The standard InChI is InChI=1S/C20H22N2O3/c1-14(25-13-23)11-16-12-18-19(24-10-9-21)8-7-17(20(18)22-16)15-5-3-2-4-6-15/h2-8,12-14,22H,9-11,21H2,1H3. The van der Waals surface area contributed by atoms with Crippen LogP contribution in [0.3, 0.4) is 0 Å². The molecule has 0 aliphatic heterocycles. The molecule has 130 valence electrons. The molecule has 0 aliphatic rings. The summed E-state index contributed by atoms with van der Waals surface area (Å²) in [5.74, 6) is 0.798. The molecule has 1 heterocycles. The average molecular weight is 338 g/mol. The Morgan fingerprint density at radius 3 is 2.72 bits per heavy atom. The lowest BCUT2D eigenvalue weighted by molar-refractivity contribution is -0.132. The molecular formula is C20H22N2O3. The lowest BCUT2D eigenvalue weighted by Crippen LogP contribution is -2.10. The molecule has 0 spiro atoms. The Balaban J connectivity index is 2.05. The first-order valence-corrected chi connectivity index (χ1v) is 8.35. The number of carbonyl (C=O) groups excluding carboxylic acids is 1. The van der Waals surface area contributed by atoms with Gasteiger partial charge in [-0.15, -0.1) is 0 Å². The Hall–Kier alpha value is -2.79. The zero-order valence-electron chi connectivity index (χ0n) is 14.2. The van der Waals surface area contributed by atoms with E-state index in [0.717, 1.165) is 33.5 Å². The molecule has 3 rings (SSSR count). The highest BCUT2D eigenvalue weighted by atomic mass is 16.5. The first-order chi connectivity index (χ1) is 12.2. The van der Waals surface area contributed by atoms with Gasteiger partial charge in [0.1, 0.15) is 18.5 Å². The van der Waals surface area contributed by atoms with E-state index in [9.17, 15) is 4.79 Å². The molecule has 0 saturated carbocycles. The molecule has 2 aromatic carbocycles. The van der Waals surface area contributed by atoms with Crippen molar-refractivity contribution in [1.29, 1.82) is 0 Å². The summed E-state index contributed by atoms with van der Waals surface area (Å²) in [5, 5.41) is 1.00. The SMILES string of the molecule is CC(Cc1cc2c(OCCN)ccc(-c3ccccc3)c2[nH]1)OC=O. The second-order valence-electron chi connectivity index (χ2n) is 5.94. The number of nitrogens with one attached hydrogen (secondary N) is 1. The van der Waals surface area contributed by atoms with Crippen LogP contribution in [0, 0.1) is 0 Å². The number of hydrogen-bond acceptors (Lipinski definition) is 4. The van der Waals surface area contributed by atoms with Gasteiger partial charge in [-0.2, -0.15) is 0 Å². The zero-order valence-corrected chi connectivity index (χ0v) is 14.2. The number of hydrogen-bond donors (Lipinski definition) is 2. The van der Waals surface area contributed by atoms with Crippen LogP contribution < -0.4 is 10.5 Å². The van der Waals surface area contributed by atoms with Crippen molar-refractivity contribution in [3.8, 4) is 16.9 Å². The molecule has 1 unspecified atom stereocenters. The monoisotopic (exact) mass is 338 g/mol. The number of fused-ring (bicyclic) bond motifs is 1. The Morgan fingerprint density at radius 1 is 1.20 bits per heavy atom. The molecule has 25 heavy (non-hydrogen) atoms. The van der Waals surface area contributed by atoms with E-state index in [1.807, 2.05) is 31.2 Å². The summed E-state index contributed by atoms with van der Waals surface area (Å²) in [6, 6.07) is 16.3. The number of rotatable bonds is 8. The second kappa shape index (κ2) is 7.85. The minimum atomic E-state index is -0.195. The van der Waals surface area contributed by atoms with E-state index in [0.29, 0.717) is 26.0 Å². The van der Waals surface area contributed by atoms with Crippen LogP contribution in [-0.2, 0) is 16.0 Å². The van der Waals surface area contributed by atoms with Gasteiger partial charge in [0.2, 0.25) is 0 Å². The van der Waals surface area contributed by atoms with Gasteiger partial charge < -0.3 is 20.2 Å². The van der Waals surface area contributed by atoms with Crippen LogP contribution in [0.4, 0.5) is 0 Å². The van der Waals surface area contributed by atoms with E-state index < -0.39 is 0 Å². The molecule has 3 aromatic rings. The molecule has 1 aromatic heterocycles. The number of benzene rings is 2. The number of carbonyl (C=O) groups is 1. The van der Waals surface area contributed by atoms with Crippen LogP contribution in [0.5, 0.6) is 5.75 Å². The zero-order chi connectivity index (χ0) is 17.6. The Kier molecular flexibility index (Phi) is 5.36. The number of H-pyrrole nitrogens is 1. The molecule has 5 nitrogen and oxygen atoms in total. The predicted molar refractivity (Wildman–Crippen MR) is 98.6 cm³/mol. The van der Waals surface area contributed by atoms with Crippen molar-refractivity contribution in [3.05, 3.63) is 54.2 Å². The van der Waals surface area contributed by atoms with E-state index in [4.69, 9.17) is 15.2 Å². The van der Waals surface area contributed by atoms with Gasteiger partial charge in [-0.05, 0) is 30.7 Å². The maximum atomic E-state index is 10.5. The fraction of sp³-hybridized carbons (Fsp3) is 0.250. The Morgan fingerprint density at radius 2 is 2.00 bits per heavy atom. The largest absolute Gasteiger partial charge is 0.492 e. The summed E-state index contributed by atoms with van der Waals surface area (Å²) in [4.78, 5) is 14.0. The normalized spacial score (nSPS) is 12.1. The number of nitrogens with two attached hydrogens (primary N) is 1. The molecule has 5 heteroatoms. The van der Waals surface area contributed by atoms with Gasteiger partial charge in [-0.1, -0.05) is 30.3 Å². The van der Waals surface area contributed by atoms with Crippen LogP contribution in [-0.4, -0.2) is 30.7 Å². The lowest BCUT2D eigenvalue weighted by atomic mass is 10.0. The van der Waals surface area contributed by atoms with E-state index >= 15 is 0 Å². The smallest absolute Gasteiger partial charge is 0.293 e. The molecule has 1 atom stereocenters. The highest BCUT2D eigenvalue weighted by Gasteiger charge is 2.14. The quantitative estimate of drug-likeness (QED) is 0.618. The molecule has 3 N–H and O–H groups in total. The lowest BCUT2D eigenvalue weighted by Gasteiger charge is -2.09. The van der Waals surface area contributed by atoms with Crippen molar-refractivity contribution in [2.75, 3.05) is 13.2 Å². The van der Waals surface area contributed by atoms with Gasteiger partial charge in [-0.3, -0.25) is 4.79 Å². The average Bonchev–Trinajstić information content (AvgIpc) is 3.04. The number of aromatic nitrogens is 1. The maximum absolute atomic E-state index is 10.5. The Bertz CT molecular complexity index is 843. The van der Waals surface area contributed by atoms with E-state index in [1.54, 1.807) is 0 Å². The highest BCUT2D eigenvalue weighted by Crippen LogP contribution is 2.35. The molecule has 0 fully saturated rings. The molecular weight excluding hydrogens is 316 g/mol. The van der Waals surface area contributed by atoms with Crippen molar-refractivity contribution >= 4 is 17.4 Å². The highest BCUT2D eigenvalue weighted by molar-refractivity contribution is 5.98. The molecule has 0 amide bonds. The third kappa shape index (κ3) is 3.83. The van der Waals surface area contributed by atoms with Gasteiger partial charge in [0.05, 0.1) is 5.52 Å². The van der Waals surface area contributed by atoms with Crippen LogP contribution in [0.25, 0.3) is 22.0 Å². The van der Waals surface area contributed by atoms with Gasteiger partial charge in [0.15, 0.2) is 0 Å². The van der Waals surface area contributed by atoms with Crippen LogP contribution in [0.2, 0.25) is 0 Å². The van der Waals surface area contributed by atoms with Crippen molar-refractivity contribution in [2.45, 2.75) is 19.4 Å². The second-order valence-corrected chi connectivity index (χ2v) is 5.94. The van der Waals surface area contributed by atoms with Crippen LogP contribution >= 0.6 is 0 Å². The topological polar surface area (TPSA) is 77.3 Å². The van der Waals surface area contributed by atoms with Crippen molar-refractivity contribution in [3.63, 3.8) is 0 Å². The fourth-order valence-electron chi connectivity index (χ4n) is 2.96. The summed E-state index contributed by atoms with van der Waals surface area (Å²) in [6.45, 7) is 3.27. The molecule has 0 radical (unpaired) electrons. The van der Waals surface area contributed by atoms with Crippen LogP contribution in [0.1, 0.15) is 12.6 Å². The third-order valence-electron chi connectivity index (χ3n) is 4.07. The van der Waals surface area contributed by atoms with Crippen LogP contribution in [0.15, 0.2) is 48.5 Å².